The average molecular weight is 555 g/mol. The molecule has 0 spiro atoms. The molecule has 41 heavy (non-hydrogen) atoms. The van der Waals surface area contributed by atoms with E-state index in [0.29, 0.717) is 17.1 Å². The summed E-state index contributed by atoms with van der Waals surface area (Å²) in [5, 5.41) is 37.2. The molecule has 7 heteroatoms. The number of nitrogens with one attached hydrogen (secondary N) is 2. The first-order valence-electron chi connectivity index (χ1n) is 13.6. The SMILES string of the molecule is CC(C)(C)C/C=C\C(=C/CO)Nc1ccc(Nc2ccc(C(C)(C)C)cc2)c2c1C(=O)c1c(O)ccc(O)c1C2=O. The predicted octanol–water partition coefficient (Wildman–Crippen LogP) is 7.19. The van der Waals surface area contributed by atoms with Crippen LogP contribution in [-0.2, 0) is 5.41 Å². The van der Waals surface area contributed by atoms with Gasteiger partial charge in [0.1, 0.15) is 11.5 Å². The molecule has 7 nitrogen and oxygen atoms in total. The molecule has 4 rings (SSSR count). The number of allylic oxidation sites excluding steroid dienone is 2. The molecule has 0 radical (unpaired) electrons. The van der Waals surface area contributed by atoms with Crippen molar-refractivity contribution in [1.82, 2.24) is 0 Å². The lowest BCUT2D eigenvalue weighted by Crippen LogP contribution is -2.24. The van der Waals surface area contributed by atoms with E-state index in [-0.39, 0.29) is 51.2 Å². The van der Waals surface area contributed by atoms with Crippen LogP contribution in [0.1, 0.15) is 85.4 Å². The summed E-state index contributed by atoms with van der Waals surface area (Å²) in [6.07, 6.45) is 6.15. The second kappa shape index (κ2) is 11.3. The van der Waals surface area contributed by atoms with Crippen LogP contribution in [-0.4, -0.2) is 33.5 Å². The summed E-state index contributed by atoms with van der Waals surface area (Å²) in [6.45, 7) is 12.5. The van der Waals surface area contributed by atoms with Gasteiger partial charge in [-0.15, -0.1) is 0 Å². The molecule has 0 saturated heterocycles. The Morgan fingerprint density at radius 3 is 1.80 bits per heavy atom. The lowest BCUT2D eigenvalue weighted by molar-refractivity contribution is 0.0975. The molecule has 0 aromatic heterocycles. The lowest BCUT2D eigenvalue weighted by atomic mass is 9.81. The fraction of sp³-hybridized carbons (Fsp3) is 0.294. The van der Waals surface area contributed by atoms with Crippen molar-refractivity contribution < 1.29 is 24.9 Å². The Bertz CT molecular complexity index is 1550. The minimum Gasteiger partial charge on any atom is -0.507 e. The van der Waals surface area contributed by atoms with Gasteiger partial charge in [-0.1, -0.05) is 59.8 Å². The van der Waals surface area contributed by atoms with E-state index < -0.39 is 11.6 Å². The fourth-order valence-corrected chi connectivity index (χ4v) is 4.74. The van der Waals surface area contributed by atoms with Crippen LogP contribution in [0, 0.1) is 5.41 Å². The highest BCUT2D eigenvalue weighted by molar-refractivity contribution is 6.33. The molecular weight excluding hydrogens is 516 g/mol. The second-order valence-electron chi connectivity index (χ2n) is 12.5. The zero-order valence-corrected chi connectivity index (χ0v) is 24.4. The molecule has 1 aliphatic rings. The number of fused-ring (bicyclic) bond motifs is 2. The van der Waals surface area contributed by atoms with Crippen molar-refractivity contribution in [2.45, 2.75) is 53.4 Å². The quantitative estimate of drug-likeness (QED) is 0.121. The number of hydrogen-bond acceptors (Lipinski definition) is 7. The molecule has 0 atom stereocenters. The molecule has 3 aromatic rings. The van der Waals surface area contributed by atoms with E-state index in [1.807, 2.05) is 36.4 Å². The van der Waals surface area contributed by atoms with Crippen molar-refractivity contribution in [3.8, 4) is 11.5 Å². The van der Waals surface area contributed by atoms with Gasteiger partial charge in [-0.25, -0.2) is 0 Å². The Morgan fingerprint density at radius 2 is 1.29 bits per heavy atom. The average Bonchev–Trinajstić information content (AvgIpc) is 2.88. The van der Waals surface area contributed by atoms with Crippen LogP contribution in [0.3, 0.4) is 0 Å². The number of aliphatic hydroxyl groups is 1. The van der Waals surface area contributed by atoms with E-state index in [4.69, 9.17) is 0 Å². The standard InChI is InChI=1S/C34H38N2O5/c1-33(2,3)18-7-8-21(17-19-37)35-23-13-14-24(36-22-11-9-20(10-12-22)34(4,5)6)28-27(23)31(40)29-25(38)15-16-26(39)30(29)32(28)41/h7-17,35-39H,18-19H2,1-6H3/b8-7-,21-17+. The van der Waals surface area contributed by atoms with Crippen LogP contribution in [0.4, 0.5) is 17.1 Å². The zero-order valence-electron chi connectivity index (χ0n) is 24.4. The van der Waals surface area contributed by atoms with Gasteiger partial charge in [-0.2, -0.15) is 0 Å². The summed E-state index contributed by atoms with van der Waals surface area (Å²) in [7, 11) is 0. The van der Waals surface area contributed by atoms with Gasteiger partial charge in [0.15, 0.2) is 0 Å². The number of phenols is 2. The van der Waals surface area contributed by atoms with Crippen LogP contribution < -0.4 is 10.6 Å². The Labute approximate surface area is 241 Å². The molecule has 3 aromatic carbocycles. The van der Waals surface area contributed by atoms with Gasteiger partial charge in [-0.3, -0.25) is 9.59 Å². The first-order chi connectivity index (χ1) is 19.2. The molecule has 0 saturated carbocycles. The number of benzene rings is 3. The lowest BCUT2D eigenvalue weighted by Gasteiger charge is -2.25. The second-order valence-corrected chi connectivity index (χ2v) is 12.5. The number of aliphatic hydroxyl groups excluding tert-OH is 1. The Hall–Kier alpha value is -4.36. The third kappa shape index (κ3) is 6.36. The van der Waals surface area contributed by atoms with Gasteiger partial charge in [0.25, 0.3) is 0 Å². The van der Waals surface area contributed by atoms with Gasteiger partial charge in [-0.05, 0) is 71.4 Å². The predicted molar refractivity (Wildman–Crippen MR) is 164 cm³/mol. The van der Waals surface area contributed by atoms with Gasteiger partial charge in [0.2, 0.25) is 11.6 Å². The van der Waals surface area contributed by atoms with E-state index in [9.17, 15) is 24.9 Å². The van der Waals surface area contributed by atoms with E-state index in [0.717, 1.165) is 17.7 Å². The van der Waals surface area contributed by atoms with Crippen molar-refractivity contribution in [2.75, 3.05) is 17.2 Å². The van der Waals surface area contributed by atoms with Crippen LogP contribution in [0.25, 0.3) is 0 Å². The first-order valence-corrected chi connectivity index (χ1v) is 13.6. The zero-order chi connectivity index (χ0) is 30.1. The monoisotopic (exact) mass is 554 g/mol. The molecule has 0 fully saturated rings. The molecule has 0 amide bonds. The first kappa shape index (κ1) is 29.6. The van der Waals surface area contributed by atoms with E-state index in [1.165, 1.54) is 12.1 Å². The van der Waals surface area contributed by atoms with Crippen LogP contribution in [0.2, 0.25) is 0 Å². The molecule has 5 N–H and O–H groups in total. The highest BCUT2D eigenvalue weighted by atomic mass is 16.3. The molecule has 214 valence electrons. The van der Waals surface area contributed by atoms with E-state index in [1.54, 1.807) is 18.2 Å². The smallest absolute Gasteiger partial charge is 0.200 e. The van der Waals surface area contributed by atoms with E-state index >= 15 is 0 Å². The third-order valence-corrected chi connectivity index (χ3v) is 6.92. The Morgan fingerprint density at radius 1 is 0.756 bits per heavy atom. The summed E-state index contributed by atoms with van der Waals surface area (Å²) < 4.78 is 0. The topological polar surface area (TPSA) is 119 Å². The van der Waals surface area contributed by atoms with Gasteiger partial charge in [0.05, 0.1) is 40.2 Å². The number of aromatic hydroxyl groups is 2. The maximum absolute atomic E-state index is 13.9. The maximum Gasteiger partial charge on any atom is 0.200 e. The molecular formula is C34H38N2O5. The van der Waals surface area contributed by atoms with Gasteiger partial charge in [0, 0.05) is 11.4 Å². The summed E-state index contributed by atoms with van der Waals surface area (Å²) in [5.74, 6) is -1.96. The van der Waals surface area contributed by atoms with Crippen LogP contribution in [0.5, 0.6) is 11.5 Å². The summed E-state index contributed by atoms with van der Waals surface area (Å²) in [4.78, 5) is 27.8. The van der Waals surface area contributed by atoms with Crippen molar-refractivity contribution in [3.63, 3.8) is 0 Å². The van der Waals surface area contributed by atoms with Crippen LogP contribution in [0.15, 0.2) is 72.5 Å². The van der Waals surface area contributed by atoms with Crippen molar-refractivity contribution >= 4 is 28.6 Å². The maximum atomic E-state index is 13.9. The Kier molecular flexibility index (Phi) is 8.13. The molecule has 0 aliphatic heterocycles. The summed E-state index contributed by atoms with van der Waals surface area (Å²) in [6, 6.07) is 13.6. The normalized spacial score (nSPS) is 13.8. The molecule has 1 aliphatic carbocycles. The number of rotatable bonds is 7. The summed E-state index contributed by atoms with van der Waals surface area (Å²) in [5.41, 5.74) is 2.83. The largest absolute Gasteiger partial charge is 0.507 e. The number of ketones is 2. The fourth-order valence-electron chi connectivity index (χ4n) is 4.74. The van der Waals surface area contributed by atoms with E-state index in [2.05, 4.69) is 52.2 Å². The molecule has 0 bridgehead atoms. The third-order valence-electron chi connectivity index (χ3n) is 6.92. The number of anilines is 3. The van der Waals surface area contributed by atoms with Crippen molar-refractivity contribution in [1.29, 1.82) is 0 Å². The number of carbonyl (C=O) groups excluding carboxylic acids is 2. The van der Waals surface area contributed by atoms with Crippen molar-refractivity contribution in [2.24, 2.45) is 5.41 Å². The van der Waals surface area contributed by atoms with Gasteiger partial charge >= 0.3 is 0 Å². The highest BCUT2D eigenvalue weighted by Crippen LogP contribution is 2.43. The van der Waals surface area contributed by atoms with Crippen molar-refractivity contribution in [3.05, 3.63) is 100 Å². The van der Waals surface area contributed by atoms with Gasteiger partial charge < -0.3 is 26.0 Å². The molecule has 0 heterocycles. The minimum absolute atomic E-state index is 0.0300. The highest BCUT2D eigenvalue weighted by Gasteiger charge is 2.38. The summed E-state index contributed by atoms with van der Waals surface area (Å²) >= 11 is 0. The number of hydrogen-bond donors (Lipinski definition) is 5. The minimum atomic E-state index is -0.598. The number of phenolic OH excluding ortho intramolecular Hbond substituents is 2. The molecule has 0 unspecified atom stereocenters. The Balaban J connectivity index is 1.84. The van der Waals surface area contributed by atoms with Crippen LogP contribution >= 0.6 is 0 Å². The number of carbonyl (C=O) groups is 2.